The highest BCUT2D eigenvalue weighted by Gasteiger charge is 2.31. The van der Waals surface area contributed by atoms with Crippen molar-refractivity contribution >= 4 is 17.6 Å². The molecule has 2 heterocycles. The van der Waals surface area contributed by atoms with Gasteiger partial charge in [0, 0.05) is 50.6 Å². The van der Waals surface area contributed by atoms with Crippen molar-refractivity contribution in [2.75, 3.05) is 32.7 Å². The Bertz CT molecular complexity index is 792. The van der Waals surface area contributed by atoms with Gasteiger partial charge in [-0.2, -0.15) is 0 Å². The molecule has 0 saturated carbocycles. The minimum atomic E-state index is 0.0311. The molecule has 1 aromatic rings. The van der Waals surface area contributed by atoms with Crippen LogP contribution in [0.3, 0.4) is 0 Å². The van der Waals surface area contributed by atoms with Gasteiger partial charge in [-0.3, -0.25) is 14.4 Å². The Morgan fingerprint density at radius 1 is 1.03 bits per heavy atom. The van der Waals surface area contributed by atoms with E-state index in [1.807, 2.05) is 21.9 Å². The lowest BCUT2D eigenvalue weighted by Gasteiger charge is -2.41. The maximum atomic E-state index is 12.7. The van der Waals surface area contributed by atoms with Crippen LogP contribution in [0, 0.1) is 0 Å². The summed E-state index contributed by atoms with van der Waals surface area (Å²) in [5.41, 5.74) is 3.40. The molecule has 6 nitrogen and oxygen atoms in total. The third-order valence-electron chi connectivity index (χ3n) is 6.55. The fraction of sp³-hybridized carbons (Fsp3) is 0.609. The average Bonchev–Trinajstić information content (AvgIpc) is 2.77. The molecule has 6 heteroatoms. The summed E-state index contributed by atoms with van der Waals surface area (Å²) in [5, 5.41) is 3.10. The molecule has 2 amide bonds. The first kappa shape index (κ1) is 20.1. The first-order valence-electron chi connectivity index (χ1n) is 11.0. The van der Waals surface area contributed by atoms with E-state index in [9.17, 15) is 14.4 Å². The molecule has 2 aliphatic heterocycles. The molecule has 2 fully saturated rings. The number of fused-ring (bicyclic) bond motifs is 1. The third-order valence-corrected chi connectivity index (χ3v) is 6.55. The number of nitrogens with zero attached hydrogens (tertiary/aromatic N) is 2. The van der Waals surface area contributed by atoms with Gasteiger partial charge in [0.05, 0.1) is 6.54 Å². The zero-order valence-electron chi connectivity index (χ0n) is 17.1. The van der Waals surface area contributed by atoms with Crippen LogP contribution < -0.4 is 5.32 Å². The van der Waals surface area contributed by atoms with E-state index in [1.165, 1.54) is 24.0 Å². The average molecular weight is 398 g/mol. The summed E-state index contributed by atoms with van der Waals surface area (Å²) in [7, 11) is 0. The molecule has 0 spiro atoms. The predicted molar refractivity (Wildman–Crippen MR) is 111 cm³/mol. The van der Waals surface area contributed by atoms with Crippen molar-refractivity contribution in [1.29, 1.82) is 0 Å². The van der Waals surface area contributed by atoms with Gasteiger partial charge in [0.15, 0.2) is 5.78 Å². The van der Waals surface area contributed by atoms with Crippen molar-refractivity contribution in [3.05, 3.63) is 34.9 Å². The van der Waals surface area contributed by atoms with Crippen molar-refractivity contribution in [1.82, 2.24) is 15.1 Å². The number of piperidine rings is 1. The van der Waals surface area contributed by atoms with Gasteiger partial charge in [-0.1, -0.05) is 12.1 Å². The summed E-state index contributed by atoms with van der Waals surface area (Å²) < 4.78 is 0. The molecule has 1 aromatic carbocycles. The van der Waals surface area contributed by atoms with Crippen LogP contribution >= 0.6 is 0 Å². The maximum absolute atomic E-state index is 12.7. The van der Waals surface area contributed by atoms with Crippen LogP contribution in [0.1, 0.15) is 60.0 Å². The highest BCUT2D eigenvalue weighted by molar-refractivity contribution is 5.98. The van der Waals surface area contributed by atoms with Crippen LogP contribution in [0.2, 0.25) is 0 Å². The number of Topliss-reactive ketones (excluding diaryl/α,β-unsaturated/α-hetero) is 1. The van der Waals surface area contributed by atoms with E-state index in [0.717, 1.165) is 44.3 Å². The van der Waals surface area contributed by atoms with Crippen LogP contribution in [-0.4, -0.2) is 66.2 Å². The van der Waals surface area contributed by atoms with E-state index in [1.54, 1.807) is 0 Å². The zero-order chi connectivity index (χ0) is 20.2. The van der Waals surface area contributed by atoms with Crippen molar-refractivity contribution < 1.29 is 14.4 Å². The number of rotatable bonds is 5. The molecule has 4 rings (SSSR count). The molecule has 0 radical (unpaired) electrons. The summed E-state index contributed by atoms with van der Waals surface area (Å²) in [6.07, 6.45) is 6.93. The lowest BCUT2D eigenvalue weighted by molar-refractivity contribution is -0.140. The number of benzene rings is 1. The van der Waals surface area contributed by atoms with Gasteiger partial charge in [0.2, 0.25) is 11.8 Å². The van der Waals surface area contributed by atoms with E-state index in [2.05, 4.69) is 11.4 Å². The molecular weight excluding hydrogens is 366 g/mol. The number of carbonyl (C=O) groups is 3. The van der Waals surface area contributed by atoms with Crippen molar-refractivity contribution in [3.8, 4) is 0 Å². The minimum Gasteiger partial charge on any atom is -0.341 e. The molecule has 1 aliphatic carbocycles. The van der Waals surface area contributed by atoms with Crippen LogP contribution in [0.15, 0.2) is 18.2 Å². The number of aryl methyl sites for hydroxylation is 2. The summed E-state index contributed by atoms with van der Waals surface area (Å²) in [4.78, 5) is 41.3. The quantitative estimate of drug-likeness (QED) is 0.771. The monoisotopic (exact) mass is 397 g/mol. The number of hydrogen-bond acceptors (Lipinski definition) is 4. The second-order valence-electron chi connectivity index (χ2n) is 8.51. The van der Waals surface area contributed by atoms with Gasteiger partial charge in [-0.05, 0) is 55.7 Å². The standard InChI is InChI=1S/C23H31N3O3/c27-21(19-8-7-17-4-1-2-5-18(17)14-19)9-10-22(28)25-12-3-6-20(16-25)26-13-11-24-15-23(26)29/h7-8,14,20,24H,1-6,9-13,15-16H2. The summed E-state index contributed by atoms with van der Waals surface area (Å²) in [6.45, 7) is 3.23. The molecule has 2 saturated heterocycles. The highest BCUT2D eigenvalue weighted by atomic mass is 16.2. The normalized spacial score (nSPS) is 22.3. The van der Waals surface area contributed by atoms with Crippen LogP contribution in [-0.2, 0) is 22.4 Å². The Balaban J connectivity index is 1.31. The fourth-order valence-electron chi connectivity index (χ4n) is 4.87. The Labute approximate surface area is 172 Å². The topological polar surface area (TPSA) is 69.7 Å². The number of likely N-dealkylation sites (tertiary alicyclic amines) is 1. The Hall–Kier alpha value is -2.21. The van der Waals surface area contributed by atoms with Crippen molar-refractivity contribution in [2.24, 2.45) is 0 Å². The molecular formula is C23H31N3O3. The fourth-order valence-corrected chi connectivity index (χ4v) is 4.87. The summed E-state index contributed by atoms with van der Waals surface area (Å²) in [5.74, 6) is 0.208. The third kappa shape index (κ3) is 4.69. The van der Waals surface area contributed by atoms with E-state index in [4.69, 9.17) is 0 Å². The van der Waals surface area contributed by atoms with Gasteiger partial charge in [0.25, 0.3) is 0 Å². The van der Waals surface area contributed by atoms with Crippen molar-refractivity contribution in [3.63, 3.8) is 0 Å². The predicted octanol–water partition coefficient (Wildman–Crippen LogP) is 1.95. The molecule has 3 aliphatic rings. The van der Waals surface area contributed by atoms with Crippen LogP contribution in [0.25, 0.3) is 0 Å². The number of carbonyl (C=O) groups excluding carboxylic acids is 3. The van der Waals surface area contributed by atoms with Gasteiger partial charge < -0.3 is 15.1 Å². The zero-order valence-corrected chi connectivity index (χ0v) is 17.1. The lowest BCUT2D eigenvalue weighted by atomic mass is 9.89. The largest absolute Gasteiger partial charge is 0.341 e. The second kappa shape index (κ2) is 9.08. The summed E-state index contributed by atoms with van der Waals surface area (Å²) >= 11 is 0. The lowest BCUT2D eigenvalue weighted by Crippen LogP contribution is -2.57. The number of hydrogen-bond donors (Lipinski definition) is 1. The molecule has 1 N–H and O–H groups in total. The molecule has 29 heavy (non-hydrogen) atoms. The first-order valence-corrected chi connectivity index (χ1v) is 11.0. The number of ketones is 1. The van der Waals surface area contributed by atoms with Crippen LogP contribution in [0.5, 0.6) is 0 Å². The second-order valence-corrected chi connectivity index (χ2v) is 8.51. The van der Waals surface area contributed by atoms with Gasteiger partial charge in [-0.25, -0.2) is 0 Å². The van der Waals surface area contributed by atoms with Gasteiger partial charge in [-0.15, -0.1) is 0 Å². The molecule has 156 valence electrons. The molecule has 1 unspecified atom stereocenters. The molecule has 1 atom stereocenters. The smallest absolute Gasteiger partial charge is 0.236 e. The van der Waals surface area contributed by atoms with Gasteiger partial charge >= 0.3 is 0 Å². The summed E-state index contributed by atoms with van der Waals surface area (Å²) in [6, 6.07) is 6.15. The SMILES string of the molecule is O=C(CCC(=O)N1CCCC(N2CCNCC2=O)C1)c1ccc2c(c1)CCCC2. The van der Waals surface area contributed by atoms with E-state index < -0.39 is 0 Å². The number of nitrogens with one attached hydrogen (secondary N) is 1. The van der Waals surface area contributed by atoms with E-state index in [-0.39, 0.29) is 36.5 Å². The maximum Gasteiger partial charge on any atom is 0.236 e. The Morgan fingerprint density at radius 2 is 1.86 bits per heavy atom. The van der Waals surface area contributed by atoms with Crippen LogP contribution in [0.4, 0.5) is 0 Å². The Morgan fingerprint density at radius 3 is 2.69 bits per heavy atom. The number of piperazine rings is 1. The minimum absolute atomic E-state index is 0.0311. The van der Waals surface area contributed by atoms with Gasteiger partial charge in [0.1, 0.15) is 0 Å². The van der Waals surface area contributed by atoms with Crippen molar-refractivity contribution in [2.45, 2.75) is 57.4 Å². The van der Waals surface area contributed by atoms with E-state index >= 15 is 0 Å². The molecule has 0 bridgehead atoms. The molecule has 0 aromatic heterocycles. The highest BCUT2D eigenvalue weighted by Crippen LogP contribution is 2.23. The van der Waals surface area contributed by atoms with E-state index in [0.29, 0.717) is 19.6 Å². The number of amides is 2. The Kier molecular flexibility index (Phi) is 6.28. The first-order chi connectivity index (χ1) is 14.1.